The molecular formula is C12H6F5N3O. The average Bonchev–Trinajstić information content (AvgIpc) is 2.46. The van der Waals surface area contributed by atoms with Crippen LogP contribution in [0.25, 0.3) is 0 Å². The molecule has 0 bridgehead atoms. The molecular weight excluding hydrogens is 297 g/mol. The highest BCUT2D eigenvalue weighted by Gasteiger charge is 2.29. The van der Waals surface area contributed by atoms with Gasteiger partial charge in [-0.25, -0.2) is 26.9 Å². The van der Waals surface area contributed by atoms with Crippen LogP contribution in [0.1, 0.15) is 10.4 Å². The second-order valence-corrected chi connectivity index (χ2v) is 3.87. The number of halogens is 5. The van der Waals surface area contributed by atoms with Crippen molar-refractivity contribution in [2.24, 2.45) is 0 Å². The van der Waals surface area contributed by atoms with Crippen LogP contribution < -0.4 is 11.1 Å². The van der Waals surface area contributed by atoms with Gasteiger partial charge in [0.05, 0.1) is 11.9 Å². The molecule has 0 saturated carbocycles. The third-order valence-corrected chi connectivity index (χ3v) is 2.48. The molecule has 2 rings (SSSR count). The lowest BCUT2D eigenvalue weighted by Crippen LogP contribution is -2.19. The fraction of sp³-hybridized carbons (Fsp3) is 0. The van der Waals surface area contributed by atoms with Crippen molar-refractivity contribution in [1.29, 1.82) is 0 Å². The van der Waals surface area contributed by atoms with Gasteiger partial charge in [0.25, 0.3) is 5.91 Å². The molecule has 110 valence electrons. The number of aromatic nitrogens is 1. The summed E-state index contributed by atoms with van der Waals surface area (Å²) in [5.74, 6) is -12.6. The number of nitrogens with zero attached hydrogens (tertiary/aromatic N) is 1. The number of nitrogens with two attached hydrogens (primary N) is 1. The van der Waals surface area contributed by atoms with E-state index >= 15 is 0 Å². The van der Waals surface area contributed by atoms with Gasteiger partial charge in [-0.3, -0.25) is 4.79 Å². The monoisotopic (exact) mass is 303 g/mol. The highest BCUT2D eigenvalue weighted by atomic mass is 19.2. The molecule has 9 heteroatoms. The van der Waals surface area contributed by atoms with Gasteiger partial charge >= 0.3 is 0 Å². The summed E-state index contributed by atoms with van der Waals surface area (Å²) in [6.45, 7) is 0. The Bertz CT molecular complexity index is 689. The van der Waals surface area contributed by atoms with Crippen molar-refractivity contribution in [2.75, 3.05) is 11.1 Å². The van der Waals surface area contributed by atoms with Crippen LogP contribution in [-0.2, 0) is 0 Å². The second kappa shape index (κ2) is 5.35. The van der Waals surface area contributed by atoms with Gasteiger partial charge in [-0.15, -0.1) is 0 Å². The SMILES string of the molecule is Nc1ccc(NC(=O)c2c(F)c(F)c(F)c(F)c2F)cn1. The summed E-state index contributed by atoms with van der Waals surface area (Å²) in [6, 6.07) is 2.51. The molecule has 1 aromatic carbocycles. The number of pyridine rings is 1. The number of amides is 1. The molecule has 0 atom stereocenters. The van der Waals surface area contributed by atoms with Crippen LogP contribution in [0.3, 0.4) is 0 Å². The van der Waals surface area contributed by atoms with Crippen molar-refractivity contribution in [1.82, 2.24) is 4.98 Å². The first-order valence-corrected chi connectivity index (χ1v) is 5.37. The zero-order valence-electron chi connectivity index (χ0n) is 10.1. The molecule has 0 radical (unpaired) electrons. The van der Waals surface area contributed by atoms with E-state index in [9.17, 15) is 26.7 Å². The lowest BCUT2D eigenvalue weighted by molar-refractivity contribution is 0.101. The van der Waals surface area contributed by atoms with E-state index in [0.717, 1.165) is 6.20 Å². The molecule has 4 nitrogen and oxygen atoms in total. The maximum atomic E-state index is 13.4. The van der Waals surface area contributed by atoms with Crippen molar-refractivity contribution >= 4 is 17.4 Å². The van der Waals surface area contributed by atoms with E-state index in [-0.39, 0.29) is 11.5 Å². The van der Waals surface area contributed by atoms with Gasteiger partial charge in [0.2, 0.25) is 5.82 Å². The van der Waals surface area contributed by atoms with E-state index in [1.54, 1.807) is 0 Å². The lowest BCUT2D eigenvalue weighted by Gasteiger charge is -2.09. The molecule has 0 fully saturated rings. The molecule has 1 heterocycles. The summed E-state index contributed by atoms with van der Waals surface area (Å²) >= 11 is 0. The van der Waals surface area contributed by atoms with Crippen LogP contribution in [0.2, 0.25) is 0 Å². The van der Waals surface area contributed by atoms with E-state index in [0.29, 0.717) is 0 Å². The first kappa shape index (κ1) is 14.7. The number of benzene rings is 1. The minimum Gasteiger partial charge on any atom is -0.384 e. The van der Waals surface area contributed by atoms with Gasteiger partial charge in [0.15, 0.2) is 23.3 Å². The summed E-state index contributed by atoms with van der Waals surface area (Å²) in [7, 11) is 0. The normalized spacial score (nSPS) is 10.5. The van der Waals surface area contributed by atoms with Gasteiger partial charge in [-0.05, 0) is 12.1 Å². The Kier molecular flexibility index (Phi) is 3.74. The Morgan fingerprint density at radius 2 is 1.48 bits per heavy atom. The van der Waals surface area contributed by atoms with E-state index in [2.05, 4.69) is 4.98 Å². The number of nitrogens with one attached hydrogen (secondary N) is 1. The minimum atomic E-state index is -2.34. The summed E-state index contributed by atoms with van der Waals surface area (Å²) in [5, 5.41) is 1.95. The Balaban J connectivity index is 2.42. The molecule has 0 aliphatic carbocycles. The number of carbonyl (C=O) groups is 1. The molecule has 1 amide bonds. The van der Waals surface area contributed by atoms with Crippen LogP contribution in [0, 0.1) is 29.1 Å². The van der Waals surface area contributed by atoms with Crippen molar-refractivity contribution in [3.8, 4) is 0 Å². The molecule has 0 spiro atoms. The third-order valence-electron chi connectivity index (χ3n) is 2.48. The molecule has 1 aromatic heterocycles. The maximum Gasteiger partial charge on any atom is 0.261 e. The standard InChI is InChI=1S/C12H6F5N3O/c13-7-6(8(14)10(16)11(17)9(7)15)12(21)20-4-1-2-5(18)19-3-4/h1-3H,(H2,18,19)(H,20,21). The van der Waals surface area contributed by atoms with Gasteiger partial charge in [-0.2, -0.15) is 0 Å². The van der Waals surface area contributed by atoms with E-state index in [1.807, 2.05) is 5.32 Å². The topological polar surface area (TPSA) is 68.0 Å². The van der Waals surface area contributed by atoms with Crippen LogP contribution in [0.4, 0.5) is 33.5 Å². The molecule has 21 heavy (non-hydrogen) atoms. The van der Waals surface area contributed by atoms with Crippen LogP contribution in [0.5, 0.6) is 0 Å². The van der Waals surface area contributed by atoms with Crippen LogP contribution in [-0.4, -0.2) is 10.9 Å². The van der Waals surface area contributed by atoms with Crippen LogP contribution in [0.15, 0.2) is 18.3 Å². The summed E-state index contributed by atoms with van der Waals surface area (Å²) in [6.07, 6.45) is 1.05. The third kappa shape index (κ3) is 2.62. The molecule has 0 unspecified atom stereocenters. The van der Waals surface area contributed by atoms with Crippen molar-refractivity contribution in [3.05, 3.63) is 53.0 Å². The number of rotatable bonds is 2. The number of hydrogen-bond acceptors (Lipinski definition) is 3. The van der Waals surface area contributed by atoms with Crippen molar-refractivity contribution < 1.29 is 26.7 Å². The number of nitrogen functional groups attached to an aromatic ring is 1. The van der Waals surface area contributed by atoms with Gasteiger partial charge < -0.3 is 11.1 Å². The van der Waals surface area contributed by atoms with Gasteiger partial charge in [0, 0.05) is 0 Å². The highest BCUT2D eigenvalue weighted by molar-refractivity contribution is 6.04. The molecule has 0 aliphatic rings. The summed E-state index contributed by atoms with van der Waals surface area (Å²) in [5.41, 5.74) is 3.68. The predicted molar refractivity (Wildman–Crippen MR) is 62.8 cm³/mol. The average molecular weight is 303 g/mol. The second-order valence-electron chi connectivity index (χ2n) is 3.87. The molecule has 2 aromatic rings. The van der Waals surface area contributed by atoms with E-state index in [4.69, 9.17) is 5.73 Å². The minimum absolute atomic E-state index is 0.0295. The number of anilines is 2. The van der Waals surface area contributed by atoms with E-state index < -0.39 is 40.6 Å². The first-order valence-electron chi connectivity index (χ1n) is 5.37. The van der Waals surface area contributed by atoms with Gasteiger partial charge in [-0.1, -0.05) is 0 Å². The van der Waals surface area contributed by atoms with Crippen molar-refractivity contribution in [2.45, 2.75) is 0 Å². The van der Waals surface area contributed by atoms with E-state index in [1.165, 1.54) is 12.1 Å². The van der Waals surface area contributed by atoms with Gasteiger partial charge in [0.1, 0.15) is 11.4 Å². The summed E-state index contributed by atoms with van der Waals surface area (Å²) in [4.78, 5) is 15.2. The zero-order valence-corrected chi connectivity index (χ0v) is 10.1. The Morgan fingerprint density at radius 1 is 0.952 bits per heavy atom. The number of carbonyl (C=O) groups excluding carboxylic acids is 1. The zero-order chi connectivity index (χ0) is 15.7. The first-order chi connectivity index (χ1) is 9.82. The Hall–Kier alpha value is -2.71. The predicted octanol–water partition coefficient (Wildman–Crippen LogP) is 2.61. The number of hydrogen-bond donors (Lipinski definition) is 2. The molecule has 0 saturated heterocycles. The fourth-order valence-corrected chi connectivity index (χ4v) is 1.48. The highest BCUT2D eigenvalue weighted by Crippen LogP contribution is 2.23. The maximum absolute atomic E-state index is 13.4. The van der Waals surface area contributed by atoms with Crippen LogP contribution >= 0.6 is 0 Å². The molecule has 3 N–H and O–H groups in total. The quantitative estimate of drug-likeness (QED) is 0.509. The smallest absolute Gasteiger partial charge is 0.261 e. The summed E-state index contributed by atoms with van der Waals surface area (Å²) < 4.78 is 65.6. The largest absolute Gasteiger partial charge is 0.384 e. The fourth-order valence-electron chi connectivity index (χ4n) is 1.48. The Labute approximate surface area is 114 Å². The lowest BCUT2D eigenvalue weighted by atomic mass is 10.1. The molecule has 0 aliphatic heterocycles. The van der Waals surface area contributed by atoms with Crippen molar-refractivity contribution in [3.63, 3.8) is 0 Å². The Morgan fingerprint density at radius 3 is 1.95 bits per heavy atom.